The van der Waals surface area contributed by atoms with E-state index in [1.54, 1.807) is 4.31 Å². The van der Waals surface area contributed by atoms with Gasteiger partial charge in [0.15, 0.2) is 5.82 Å². The van der Waals surface area contributed by atoms with Crippen LogP contribution in [0.25, 0.3) is 10.9 Å². The minimum absolute atomic E-state index is 0.139. The summed E-state index contributed by atoms with van der Waals surface area (Å²) in [5, 5.41) is 10.8. The number of aromatic amines is 1. The topological polar surface area (TPSA) is 105 Å². The smallest absolute Gasteiger partial charge is 0.230 e. The molecular formula is C23H29N5O3S. The second-order valence-electron chi connectivity index (χ2n) is 8.53. The van der Waals surface area contributed by atoms with Gasteiger partial charge >= 0.3 is 0 Å². The van der Waals surface area contributed by atoms with Gasteiger partial charge in [0.05, 0.1) is 23.4 Å². The average Bonchev–Trinajstić information content (AvgIpc) is 3.36. The second-order valence-corrected chi connectivity index (χ2v) is 10.6. The third-order valence-corrected chi connectivity index (χ3v) is 8.18. The molecule has 4 N–H and O–H groups in total. The first-order valence-corrected chi connectivity index (χ1v) is 12.8. The number of aromatic nitrogens is 2. The first-order valence-electron chi connectivity index (χ1n) is 11.2. The molecule has 0 aliphatic carbocycles. The molecule has 32 heavy (non-hydrogen) atoms. The van der Waals surface area contributed by atoms with E-state index in [0.717, 1.165) is 41.7 Å². The lowest BCUT2D eigenvalue weighted by molar-refractivity contribution is -0.115. The van der Waals surface area contributed by atoms with Crippen molar-refractivity contribution in [2.24, 2.45) is 0 Å². The molecule has 5 rings (SSSR count). The SMILES string of the molecule is O=C(Cc1ccc(N2CCCCC2)cc1)Nc1n[nH]c2ccc(N3CCCS3(O)O)cc12. The number of piperidine rings is 1. The van der Waals surface area contributed by atoms with Crippen LogP contribution >= 0.6 is 10.8 Å². The van der Waals surface area contributed by atoms with Crippen molar-refractivity contribution in [2.75, 3.05) is 39.9 Å². The minimum Gasteiger partial charge on any atom is -0.372 e. The molecule has 0 radical (unpaired) electrons. The van der Waals surface area contributed by atoms with Gasteiger partial charge in [-0.1, -0.05) is 12.1 Å². The van der Waals surface area contributed by atoms with Crippen molar-refractivity contribution in [3.05, 3.63) is 48.0 Å². The summed E-state index contributed by atoms with van der Waals surface area (Å²) in [7, 11) is -2.77. The molecule has 9 heteroatoms. The summed E-state index contributed by atoms with van der Waals surface area (Å²) in [6.07, 6.45) is 4.78. The van der Waals surface area contributed by atoms with Crippen molar-refractivity contribution in [1.82, 2.24) is 10.2 Å². The van der Waals surface area contributed by atoms with E-state index in [1.165, 1.54) is 24.9 Å². The standard InChI is InChI=1S/C23H29N5O3S/c29-22(15-17-5-7-18(8-6-17)27-11-2-1-3-12-27)24-23-20-16-19(9-10-21(20)25-26-23)28-13-4-14-32(28,30)31/h5-10,16,30-31H,1-4,11-15H2,(H2,24,25,26,29). The van der Waals surface area contributed by atoms with Crippen LogP contribution in [0.4, 0.5) is 17.2 Å². The molecule has 1 aromatic heterocycles. The maximum atomic E-state index is 12.7. The van der Waals surface area contributed by atoms with Crippen LogP contribution in [-0.4, -0.2) is 50.6 Å². The number of nitrogens with zero attached hydrogens (tertiary/aromatic N) is 3. The molecule has 0 bridgehead atoms. The predicted octanol–water partition coefficient (Wildman–Crippen LogP) is 4.61. The Hall–Kier alpha value is -2.75. The first kappa shape index (κ1) is 21.1. The van der Waals surface area contributed by atoms with Crippen LogP contribution in [0.3, 0.4) is 0 Å². The van der Waals surface area contributed by atoms with Gasteiger partial charge in [-0.3, -0.25) is 23.3 Å². The van der Waals surface area contributed by atoms with E-state index in [4.69, 9.17) is 0 Å². The van der Waals surface area contributed by atoms with Crippen LogP contribution in [0, 0.1) is 0 Å². The molecule has 2 saturated heterocycles. The van der Waals surface area contributed by atoms with Crippen molar-refractivity contribution >= 4 is 44.8 Å². The lowest BCUT2D eigenvalue weighted by Gasteiger charge is -2.38. The van der Waals surface area contributed by atoms with E-state index in [1.807, 2.05) is 30.3 Å². The van der Waals surface area contributed by atoms with Crippen molar-refractivity contribution in [1.29, 1.82) is 0 Å². The Morgan fingerprint density at radius 1 is 1.00 bits per heavy atom. The fourth-order valence-corrected chi connectivity index (χ4v) is 6.16. The van der Waals surface area contributed by atoms with Crippen molar-refractivity contribution < 1.29 is 13.9 Å². The molecular weight excluding hydrogens is 426 g/mol. The van der Waals surface area contributed by atoms with E-state index in [-0.39, 0.29) is 12.3 Å². The van der Waals surface area contributed by atoms with Crippen LogP contribution < -0.4 is 14.5 Å². The van der Waals surface area contributed by atoms with E-state index < -0.39 is 10.8 Å². The number of benzene rings is 2. The Balaban J connectivity index is 1.28. The number of H-pyrrole nitrogens is 1. The molecule has 2 fully saturated rings. The molecule has 0 saturated carbocycles. The Bertz CT molecular complexity index is 1110. The van der Waals surface area contributed by atoms with E-state index in [9.17, 15) is 13.9 Å². The highest BCUT2D eigenvalue weighted by Crippen LogP contribution is 2.51. The lowest BCUT2D eigenvalue weighted by atomic mass is 10.1. The van der Waals surface area contributed by atoms with Gasteiger partial charge in [0.2, 0.25) is 5.91 Å². The molecule has 3 heterocycles. The molecule has 1 amide bonds. The van der Waals surface area contributed by atoms with Crippen molar-refractivity contribution in [3.63, 3.8) is 0 Å². The quantitative estimate of drug-likeness (QED) is 0.448. The van der Waals surface area contributed by atoms with E-state index >= 15 is 0 Å². The highest BCUT2D eigenvalue weighted by molar-refractivity contribution is 8.25. The lowest BCUT2D eigenvalue weighted by Crippen LogP contribution is -2.29. The van der Waals surface area contributed by atoms with Gasteiger partial charge in [-0.25, -0.2) is 0 Å². The summed E-state index contributed by atoms with van der Waals surface area (Å²) in [5.41, 5.74) is 3.67. The number of carbonyl (C=O) groups is 1. The van der Waals surface area contributed by atoms with Gasteiger partial charge in [-0.15, -0.1) is 10.8 Å². The monoisotopic (exact) mass is 455 g/mol. The minimum atomic E-state index is -2.77. The van der Waals surface area contributed by atoms with Crippen LogP contribution in [0.2, 0.25) is 0 Å². The third kappa shape index (κ3) is 4.28. The molecule has 8 nitrogen and oxygen atoms in total. The normalized spacial score (nSPS) is 19.3. The molecule has 0 atom stereocenters. The number of hydrogen-bond donors (Lipinski definition) is 4. The van der Waals surface area contributed by atoms with Gasteiger partial charge in [-0.2, -0.15) is 5.10 Å². The molecule has 0 spiro atoms. The van der Waals surface area contributed by atoms with Crippen LogP contribution in [0.15, 0.2) is 42.5 Å². The summed E-state index contributed by atoms with van der Waals surface area (Å²) < 4.78 is 22.2. The largest absolute Gasteiger partial charge is 0.372 e. The number of carbonyl (C=O) groups excluding carboxylic acids is 1. The van der Waals surface area contributed by atoms with E-state index in [0.29, 0.717) is 18.1 Å². The van der Waals surface area contributed by atoms with Crippen molar-refractivity contribution in [2.45, 2.75) is 32.1 Å². The van der Waals surface area contributed by atoms with Gasteiger partial charge in [0.1, 0.15) is 0 Å². The Morgan fingerprint density at radius 3 is 2.47 bits per heavy atom. The highest BCUT2D eigenvalue weighted by Gasteiger charge is 2.29. The number of hydrogen-bond acceptors (Lipinski definition) is 6. The molecule has 2 aliphatic rings. The summed E-state index contributed by atoms with van der Waals surface area (Å²) in [5.74, 6) is 0.698. The first-order chi connectivity index (χ1) is 15.5. The summed E-state index contributed by atoms with van der Waals surface area (Å²) in [6, 6.07) is 13.8. The fraction of sp³-hybridized carbons (Fsp3) is 0.391. The zero-order valence-corrected chi connectivity index (χ0v) is 18.8. The fourth-order valence-electron chi connectivity index (χ4n) is 4.55. The number of anilines is 3. The Kier molecular flexibility index (Phi) is 5.71. The van der Waals surface area contributed by atoms with Gasteiger partial charge in [0.25, 0.3) is 0 Å². The van der Waals surface area contributed by atoms with Gasteiger partial charge in [-0.05, 0) is 61.6 Å². The maximum absolute atomic E-state index is 12.7. The maximum Gasteiger partial charge on any atom is 0.230 e. The molecule has 3 aromatic rings. The van der Waals surface area contributed by atoms with Crippen molar-refractivity contribution in [3.8, 4) is 0 Å². The third-order valence-electron chi connectivity index (χ3n) is 6.25. The number of fused-ring (bicyclic) bond motifs is 1. The summed E-state index contributed by atoms with van der Waals surface area (Å²) in [4.78, 5) is 15.1. The molecule has 0 unspecified atom stereocenters. The summed E-state index contributed by atoms with van der Waals surface area (Å²) in [6.45, 7) is 2.79. The summed E-state index contributed by atoms with van der Waals surface area (Å²) >= 11 is 0. The Morgan fingerprint density at radius 2 is 1.75 bits per heavy atom. The molecule has 170 valence electrons. The van der Waals surface area contributed by atoms with Crippen LogP contribution in [0.5, 0.6) is 0 Å². The number of nitrogens with one attached hydrogen (secondary N) is 2. The van der Waals surface area contributed by atoms with Gasteiger partial charge in [0, 0.05) is 30.7 Å². The second kappa shape index (κ2) is 8.65. The number of rotatable bonds is 5. The zero-order valence-electron chi connectivity index (χ0n) is 18.0. The zero-order chi connectivity index (χ0) is 22.1. The van der Waals surface area contributed by atoms with Crippen LogP contribution in [-0.2, 0) is 11.2 Å². The predicted molar refractivity (Wildman–Crippen MR) is 131 cm³/mol. The van der Waals surface area contributed by atoms with Gasteiger partial charge < -0.3 is 10.2 Å². The average molecular weight is 456 g/mol. The molecule has 2 aromatic carbocycles. The molecule has 2 aliphatic heterocycles. The highest BCUT2D eigenvalue weighted by atomic mass is 32.3. The number of amides is 1. The Labute approximate surface area is 189 Å². The van der Waals surface area contributed by atoms with Crippen LogP contribution in [0.1, 0.15) is 31.2 Å². The van der Waals surface area contributed by atoms with E-state index in [2.05, 4.69) is 32.5 Å².